The standard InChI is InChI=1S/C13H21N3OS/c1-12(2,3)16-8-7-14-10(11(16)17)15-9-13(18-4)5-6-13/h7-8H,5-6,9H2,1-4H3,(H,14,15). The molecule has 0 aliphatic heterocycles. The first kappa shape index (κ1) is 13.5. The molecule has 0 aromatic carbocycles. The maximum atomic E-state index is 12.3. The fourth-order valence-electron chi connectivity index (χ4n) is 1.90. The van der Waals surface area contributed by atoms with Crippen LogP contribution in [0.15, 0.2) is 17.2 Å². The van der Waals surface area contributed by atoms with Gasteiger partial charge in [0.2, 0.25) is 0 Å². The lowest BCUT2D eigenvalue weighted by Gasteiger charge is -2.23. The zero-order chi connectivity index (χ0) is 13.4. The average Bonchev–Trinajstić information content (AvgIpc) is 3.07. The van der Waals surface area contributed by atoms with Gasteiger partial charge in [-0.25, -0.2) is 4.98 Å². The van der Waals surface area contributed by atoms with Gasteiger partial charge in [0.15, 0.2) is 5.82 Å². The molecule has 18 heavy (non-hydrogen) atoms. The quantitative estimate of drug-likeness (QED) is 0.909. The predicted molar refractivity (Wildman–Crippen MR) is 77.5 cm³/mol. The molecule has 1 fully saturated rings. The van der Waals surface area contributed by atoms with Gasteiger partial charge < -0.3 is 9.88 Å². The van der Waals surface area contributed by atoms with Gasteiger partial charge in [-0.3, -0.25) is 4.79 Å². The molecule has 5 heteroatoms. The molecule has 1 aliphatic carbocycles. The largest absolute Gasteiger partial charge is 0.364 e. The Bertz CT molecular complexity index is 486. The van der Waals surface area contributed by atoms with E-state index in [1.54, 1.807) is 17.0 Å². The molecule has 0 amide bonds. The van der Waals surface area contributed by atoms with E-state index in [1.165, 1.54) is 12.8 Å². The molecule has 1 N–H and O–H groups in total. The lowest BCUT2D eigenvalue weighted by molar-refractivity contribution is 0.383. The Morgan fingerprint density at radius 1 is 1.50 bits per heavy atom. The van der Waals surface area contributed by atoms with E-state index in [0.717, 1.165) is 6.54 Å². The predicted octanol–water partition coefficient (Wildman–Crippen LogP) is 2.31. The third-order valence-corrected chi connectivity index (χ3v) is 4.80. The number of thioether (sulfide) groups is 1. The molecule has 0 bridgehead atoms. The summed E-state index contributed by atoms with van der Waals surface area (Å²) in [5.41, 5.74) is -0.255. The van der Waals surface area contributed by atoms with Crippen molar-refractivity contribution in [3.05, 3.63) is 22.7 Å². The molecule has 1 aromatic rings. The maximum Gasteiger partial charge on any atom is 0.293 e. The summed E-state index contributed by atoms with van der Waals surface area (Å²) in [6.07, 6.45) is 8.01. The van der Waals surface area contributed by atoms with Crippen LogP contribution in [0.4, 0.5) is 5.82 Å². The minimum atomic E-state index is -0.215. The van der Waals surface area contributed by atoms with Crippen LogP contribution in [-0.4, -0.2) is 27.1 Å². The van der Waals surface area contributed by atoms with Crippen molar-refractivity contribution in [3.63, 3.8) is 0 Å². The minimum Gasteiger partial charge on any atom is -0.364 e. The van der Waals surface area contributed by atoms with Crippen LogP contribution >= 0.6 is 11.8 Å². The Labute approximate surface area is 112 Å². The summed E-state index contributed by atoms with van der Waals surface area (Å²) in [4.78, 5) is 16.4. The number of rotatable bonds is 4. The van der Waals surface area contributed by atoms with Crippen LogP contribution in [0.1, 0.15) is 33.6 Å². The molecule has 1 aliphatic rings. The van der Waals surface area contributed by atoms with Gasteiger partial charge in [-0.2, -0.15) is 11.8 Å². The van der Waals surface area contributed by atoms with E-state index in [4.69, 9.17) is 0 Å². The van der Waals surface area contributed by atoms with E-state index in [1.807, 2.05) is 32.5 Å². The number of anilines is 1. The summed E-state index contributed by atoms with van der Waals surface area (Å²) in [6, 6.07) is 0. The highest BCUT2D eigenvalue weighted by molar-refractivity contribution is 8.00. The normalized spacial score (nSPS) is 17.6. The zero-order valence-electron chi connectivity index (χ0n) is 11.5. The third-order valence-electron chi connectivity index (χ3n) is 3.38. The second-order valence-electron chi connectivity index (χ2n) is 5.86. The molecule has 0 saturated heterocycles. The molecular formula is C13H21N3OS. The maximum absolute atomic E-state index is 12.3. The monoisotopic (exact) mass is 267 g/mol. The molecule has 4 nitrogen and oxygen atoms in total. The first-order valence-electron chi connectivity index (χ1n) is 6.25. The second-order valence-corrected chi connectivity index (χ2v) is 7.14. The van der Waals surface area contributed by atoms with Gasteiger partial charge in [0.1, 0.15) is 0 Å². The first-order valence-corrected chi connectivity index (χ1v) is 7.48. The van der Waals surface area contributed by atoms with Crippen LogP contribution in [0.3, 0.4) is 0 Å². The minimum absolute atomic E-state index is 0.0399. The zero-order valence-corrected chi connectivity index (χ0v) is 12.3. The molecule has 2 rings (SSSR count). The summed E-state index contributed by atoms with van der Waals surface area (Å²) >= 11 is 1.87. The van der Waals surface area contributed by atoms with E-state index in [9.17, 15) is 4.79 Å². The highest BCUT2D eigenvalue weighted by Gasteiger charge is 2.41. The van der Waals surface area contributed by atoms with Gasteiger partial charge in [-0.1, -0.05) is 0 Å². The van der Waals surface area contributed by atoms with E-state index in [0.29, 0.717) is 10.6 Å². The van der Waals surface area contributed by atoms with Crippen molar-refractivity contribution in [1.29, 1.82) is 0 Å². The Morgan fingerprint density at radius 3 is 2.67 bits per heavy atom. The molecular weight excluding hydrogens is 246 g/mol. The van der Waals surface area contributed by atoms with Gasteiger partial charge in [-0.05, 0) is 39.9 Å². The van der Waals surface area contributed by atoms with Crippen LogP contribution in [-0.2, 0) is 5.54 Å². The molecule has 1 saturated carbocycles. The number of aromatic nitrogens is 2. The molecule has 100 valence electrons. The van der Waals surface area contributed by atoms with Crippen LogP contribution < -0.4 is 10.9 Å². The highest BCUT2D eigenvalue weighted by Crippen LogP contribution is 2.46. The second kappa shape index (κ2) is 4.61. The summed E-state index contributed by atoms with van der Waals surface area (Å²) in [5, 5.41) is 3.21. The van der Waals surface area contributed by atoms with E-state index >= 15 is 0 Å². The average molecular weight is 267 g/mol. The van der Waals surface area contributed by atoms with Crippen molar-refractivity contribution >= 4 is 17.6 Å². The SMILES string of the molecule is CSC1(CNc2nccn(C(C)(C)C)c2=O)CC1. The fraction of sp³-hybridized carbons (Fsp3) is 0.692. The van der Waals surface area contributed by atoms with Crippen molar-refractivity contribution in [1.82, 2.24) is 9.55 Å². The Morgan fingerprint density at radius 2 is 2.17 bits per heavy atom. The van der Waals surface area contributed by atoms with Gasteiger partial charge >= 0.3 is 0 Å². The number of nitrogens with zero attached hydrogens (tertiary/aromatic N) is 2. The van der Waals surface area contributed by atoms with Crippen molar-refractivity contribution < 1.29 is 0 Å². The van der Waals surface area contributed by atoms with Crippen LogP contribution in [0.2, 0.25) is 0 Å². The van der Waals surface area contributed by atoms with Crippen LogP contribution in [0.5, 0.6) is 0 Å². The molecule has 0 atom stereocenters. The summed E-state index contributed by atoms with van der Waals surface area (Å²) in [6.45, 7) is 6.87. The Balaban J connectivity index is 2.17. The van der Waals surface area contributed by atoms with Crippen molar-refractivity contribution in [2.45, 2.75) is 43.9 Å². The van der Waals surface area contributed by atoms with E-state index in [-0.39, 0.29) is 11.1 Å². The van der Waals surface area contributed by atoms with Crippen LogP contribution in [0.25, 0.3) is 0 Å². The summed E-state index contributed by atoms with van der Waals surface area (Å²) < 4.78 is 2.05. The first-order chi connectivity index (χ1) is 8.38. The molecule has 0 spiro atoms. The lowest BCUT2D eigenvalue weighted by atomic mass is 10.1. The fourth-order valence-corrected chi connectivity index (χ4v) is 2.63. The van der Waals surface area contributed by atoms with Crippen molar-refractivity contribution in [2.75, 3.05) is 18.1 Å². The molecule has 1 aromatic heterocycles. The number of hydrogen-bond donors (Lipinski definition) is 1. The van der Waals surface area contributed by atoms with Gasteiger partial charge in [0.05, 0.1) is 0 Å². The Hall–Kier alpha value is -0.970. The molecule has 1 heterocycles. The van der Waals surface area contributed by atoms with Crippen molar-refractivity contribution in [3.8, 4) is 0 Å². The van der Waals surface area contributed by atoms with Crippen LogP contribution in [0, 0.1) is 0 Å². The van der Waals surface area contributed by atoms with Gasteiger partial charge in [0.25, 0.3) is 5.56 Å². The highest BCUT2D eigenvalue weighted by atomic mass is 32.2. The van der Waals surface area contributed by atoms with E-state index in [2.05, 4.69) is 16.6 Å². The number of nitrogens with one attached hydrogen (secondary N) is 1. The summed E-state index contributed by atoms with van der Waals surface area (Å²) in [5.74, 6) is 0.466. The van der Waals surface area contributed by atoms with Crippen molar-refractivity contribution in [2.24, 2.45) is 0 Å². The Kier molecular flexibility index (Phi) is 3.45. The van der Waals surface area contributed by atoms with Gasteiger partial charge in [-0.15, -0.1) is 0 Å². The smallest absolute Gasteiger partial charge is 0.293 e. The molecule has 0 unspecified atom stereocenters. The van der Waals surface area contributed by atoms with Gasteiger partial charge in [0, 0.05) is 29.2 Å². The number of hydrogen-bond acceptors (Lipinski definition) is 4. The topological polar surface area (TPSA) is 46.9 Å². The molecule has 0 radical (unpaired) electrons. The lowest BCUT2D eigenvalue weighted by Crippen LogP contribution is -2.36. The summed E-state index contributed by atoms with van der Waals surface area (Å²) in [7, 11) is 0. The van der Waals surface area contributed by atoms with E-state index < -0.39 is 0 Å². The third kappa shape index (κ3) is 2.71.